The summed E-state index contributed by atoms with van der Waals surface area (Å²) in [6, 6.07) is 0.774. The molecular weight excluding hydrogens is 180 g/mol. The highest BCUT2D eigenvalue weighted by atomic mass is 16.5. The van der Waals surface area contributed by atoms with Crippen LogP contribution in [-0.4, -0.2) is 38.8 Å². The molecule has 1 rings (SSSR count). The van der Waals surface area contributed by atoms with Gasteiger partial charge in [-0.25, -0.2) is 0 Å². The van der Waals surface area contributed by atoms with Gasteiger partial charge in [0.05, 0.1) is 6.10 Å². The van der Waals surface area contributed by atoms with Gasteiger partial charge in [0.1, 0.15) is 0 Å². The standard InChI is InChI=1S/C6H14N2.C4H8O2/c1-7-6-2-4-8-5-3-6;1-4(2)6-3-5/h6-8H,2-5H2,1H3;3-4H,1-2H3. The van der Waals surface area contributed by atoms with Gasteiger partial charge in [-0.3, -0.25) is 4.79 Å². The SMILES string of the molecule is CC(C)OC=O.CNC1CCNCC1. The van der Waals surface area contributed by atoms with Gasteiger partial charge in [-0.2, -0.15) is 0 Å². The zero-order chi connectivity index (χ0) is 10.8. The van der Waals surface area contributed by atoms with Crippen LogP contribution in [0.5, 0.6) is 0 Å². The third kappa shape index (κ3) is 8.01. The van der Waals surface area contributed by atoms with Gasteiger partial charge in [0.15, 0.2) is 0 Å². The molecule has 14 heavy (non-hydrogen) atoms. The van der Waals surface area contributed by atoms with Crippen molar-refractivity contribution in [2.45, 2.75) is 38.8 Å². The van der Waals surface area contributed by atoms with Crippen molar-refractivity contribution in [3.8, 4) is 0 Å². The predicted molar refractivity (Wildman–Crippen MR) is 57.2 cm³/mol. The molecule has 0 saturated carbocycles. The van der Waals surface area contributed by atoms with E-state index in [2.05, 4.69) is 15.4 Å². The molecule has 0 radical (unpaired) electrons. The Bertz CT molecular complexity index is 134. The predicted octanol–water partition coefficient (Wildman–Crippen LogP) is 0.526. The number of hydrogen-bond donors (Lipinski definition) is 2. The van der Waals surface area contributed by atoms with Crippen LogP contribution in [0.2, 0.25) is 0 Å². The van der Waals surface area contributed by atoms with E-state index in [-0.39, 0.29) is 6.10 Å². The first-order valence-electron chi connectivity index (χ1n) is 5.17. The van der Waals surface area contributed by atoms with Crippen LogP contribution < -0.4 is 10.6 Å². The zero-order valence-corrected chi connectivity index (χ0v) is 9.38. The van der Waals surface area contributed by atoms with Crippen molar-refractivity contribution in [3.05, 3.63) is 0 Å². The molecule has 4 nitrogen and oxygen atoms in total. The molecule has 1 aliphatic heterocycles. The Morgan fingerprint density at radius 2 is 2.00 bits per heavy atom. The minimum Gasteiger partial charge on any atom is -0.465 e. The van der Waals surface area contributed by atoms with Crippen molar-refractivity contribution < 1.29 is 9.53 Å². The van der Waals surface area contributed by atoms with E-state index in [1.165, 1.54) is 25.9 Å². The monoisotopic (exact) mass is 202 g/mol. The van der Waals surface area contributed by atoms with Gasteiger partial charge in [-0.15, -0.1) is 0 Å². The number of nitrogens with one attached hydrogen (secondary N) is 2. The van der Waals surface area contributed by atoms with E-state index in [1.807, 2.05) is 7.05 Å². The van der Waals surface area contributed by atoms with E-state index in [4.69, 9.17) is 0 Å². The number of rotatable bonds is 3. The van der Waals surface area contributed by atoms with E-state index in [0.717, 1.165) is 6.04 Å². The molecule has 1 saturated heterocycles. The van der Waals surface area contributed by atoms with Crippen LogP contribution in [0.1, 0.15) is 26.7 Å². The van der Waals surface area contributed by atoms with Gasteiger partial charge >= 0.3 is 0 Å². The van der Waals surface area contributed by atoms with Crippen LogP contribution in [0, 0.1) is 0 Å². The second kappa shape index (κ2) is 8.97. The lowest BCUT2D eigenvalue weighted by atomic mass is 10.1. The van der Waals surface area contributed by atoms with E-state index in [1.54, 1.807) is 13.8 Å². The second-order valence-corrected chi connectivity index (χ2v) is 3.59. The first-order chi connectivity index (χ1) is 6.70. The molecule has 84 valence electrons. The van der Waals surface area contributed by atoms with E-state index in [9.17, 15) is 4.79 Å². The van der Waals surface area contributed by atoms with Crippen LogP contribution in [0.25, 0.3) is 0 Å². The van der Waals surface area contributed by atoms with Crippen molar-refractivity contribution in [2.24, 2.45) is 0 Å². The largest absolute Gasteiger partial charge is 0.465 e. The molecule has 4 heteroatoms. The maximum atomic E-state index is 9.39. The topological polar surface area (TPSA) is 50.4 Å². The molecule has 1 aliphatic rings. The summed E-state index contributed by atoms with van der Waals surface area (Å²) in [5.74, 6) is 0. The molecule has 0 unspecified atom stereocenters. The number of carbonyl (C=O) groups is 1. The summed E-state index contributed by atoms with van der Waals surface area (Å²) in [6.45, 7) is 6.42. The first-order valence-corrected chi connectivity index (χ1v) is 5.17. The second-order valence-electron chi connectivity index (χ2n) is 3.59. The average Bonchev–Trinajstić information content (AvgIpc) is 2.20. The highest BCUT2D eigenvalue weighted by Crippen LogP contribution is 1.99. The molecule has 0 aromatic rings. The zero-order valence-electron chi connectivity index (χ0n) is 9.38. The smallest absolute Gasteiger partial charge is 0.293 e. The van der Waals surface area contributed by atoms with Gasteiger partial charge in [0, 0.05) is 6.04 Å². The average molecular weight is 202 g/mol. The Kier molecular flexibility index (Phi) is 8.57. The first kappa shape index (κ1) is 13.4. The van der Waals surface area contributed by atoms with Crippen molar-refractivity contribution in [2.75, 3.05) is 20.1 Å². The van der Waals surface area contributed by atoms with E-state index < -0.39 is 0 Å². The minimum absolute atomic E-state index is 0.0301. The van der Waals surface area contributed by atoms with Crippen LogP contribution in [-0.2, 0) is 9.53 Å². The highest BCUT2D eigenvalue weighted by molar-refractivity contribution is 5.37. The van der Waals surface area contributed by atoms with Crippen LogP contribution in [0.3, 0.4) is 0 Å². The fraction of sp³-hybridized carbons (Fsp3) is 0.900. The summed E-state index contributed by atoms with van der Waals surface area (Å²) in [6.07, 6.45) is 2.61. The lowest BCUT2D eigenvalue weighted by molar-refractivity contribution is -0.131. The van der Waals surface area contributed by atoms with Gasteiger partial charge in [-0.1, -0.05) is 0 Å². The van der Waals surface area contributed by atoms with Crippen molar-refractivity contribution in [1.82, 2.24) is 10.6 Å². The molecular formula is C10H22N2O2. The van der Waals surface area contributed by atoms with Crippen LogP contribution in [0.15, 0.2) is 0 Å². The molecule has 0 atom stereocenters. The summed E-state index contributed by atoms with van der Waals surface area (Å²) in [7, 11) is 2.04. The molecule has 1 fully saturated rings. The lowest BCUT2D eigenvalue weighted by Gasteiger charge is -2.21. The third-order valence-corrected chi connectivity index (χ3v) is 2.08. The lowest BCUT2D eigenvalue weighted by Crippen LogP contribution is -2.37. The van der Waals surface area contributed by atoms with E-state index >= 15 is 0 Å². The summed E-state index contributed by atoms with van der Waals surface area (Å²) >= 11 is 0. The molecule has 1 heterocycles. The van der Waals surface area contributed by atoms with Gasteiger partial charge in [-0.05, 0) is 46.8 Å². The summed E-state index contributed by atoms with van der Waals surface area (Å²) in [5.41, 5.74) is 0. The van der Waals surface area contributed by atoms with Crippen molar-refractivity contribution in [1.29, 1.82) is 0 Å². The number of piperidine rings is 1. The Hall–Kier alpha value is -0.610. The number of ether oxygens (including phenoxy) is 1. The molecule has 0 spiro atoms. The normalized spacial score (nSPS) is 17.1. The maximum Gasteiger partial charge on any atom is 0.293 e. The fourth-order valence-corrected chi connectivity index (χ4v) is 1.22. The molecule has 0 aliphatic carbocycles. The quantitative estimate of drug-likeness (QED) is 0.655. The van der Waals surface area contributed by atoms with Crippen molar-refractivity contribution in [3.63, 3.8) is 0 Å². The third-order valence-electron chi connectivity index (χ3n) is 2.08. The van der Waals surface area contributed by atoms with Crippen LogP contribution >= 0.6 is 0 Å². The Morgan fingerprint density at radius 3 is 2.21 bits per heavy atom. The van der Waals surface area contributed by atoms with Crippen molar-refractivity contribution >= 4 is 6.47 Å². The number of hydrogen-bond acceptors (Lipinski definition) is 4. The summed E-state index contributed by atoms with van der Waals surface area (Å²) < 4.78 is 4.36. The van der Waals surface area contributed by atoms with Gasteiger partial charge < -0.3 is 15.4 Å². The highest BCUT2D eigenvalue weighted by Gasteiger charge is 2.08. The maximum absolute atomic E-state index is 9.39. The van der Waals surface area contributed by atoms with Gasteiger partial charge in [0.25, 0.3) is 6.47 Å². The Morgan fingerprint density at radius 1 is 1.43 bits per heavy atom. The Labute approximate surface area is 86.4 Å². The fourth-order valence-electron chi connectivity index (χ4n) is 1.22. The molecule has 2 N–H and O–H groups in total. The Balaban J connectivity index is 0.000000255. The molecule has 0 amide bonds. The minimum atomic E-state index is 0.0301. The molecule has 0 aromatic carbocycles. The summed E-state index contributed by atoms with van der Waals surface area (Å²) in [5, 5.41) is 6.57. The summed E-state index contributed by atoms with van der Waals surface area (Å²) in [4.78, 5) is 9.39. The van der Waals surface area contributed by atoms with Crippen LogP contribution in [0.4, 0.5) is 0 Å². The number of carbonyl (C=O) groups excluding carboxylic acids is 1. The van der Waals surface area contributed by atoms with E-state index in [0.29, 0.717) is 6.47 Å². The molecule has 0 bridgehead atoms. The van der Waals surface area contributed by atoms with Gasteiger partial charge in [0.2, 0.25) is 0 Å². The molecule has 0 aromatic heterocycles.